The molecular weight excluding hydrogens is 292 g/mol. The summed E-state index contributed by atoms with van der Waals surface area (Å²) in [6.07, 6.45) is 0. The highest BCUT2D eigenvalue weighted by Crippen LogP contribution is 2.31. The van der Waals surface area contributed by atoms with E-state index >= 15 is 0 Å². The quantitative estimate of drug-likeness (QED) is 0.854. The van der Waals surface area contributed by atoms with Crippen LogP contribution in [0.1, 0.15) is 11.1 Å². The summed E-state index contributed by atoms with van der Waals surface area (Å²) >= 11 is 1.53. The fourth-order valence-corrected chi connectivity index (χ4v) is 3.37. The second kappa shape index (κ2) is 5.47. The van der Waals surface area contributed by atoms with Gasteiger partial charge >= 0.3 is 0 Å². The smallest absolute Gasteiger partial charge is 0.240 e. The monoisotopic (exact) mass is 308 g/mol. The van der Waals surface area contributed by atoms with Crippen molar-refractivity contribution in [2.45, 2.75) is 28.5 Å². The topological polar surface area (TPSA) is 86.2 Å². The molecule has 0 aliphatic rings. The number of anilines is 1. The number of nitrogen functional groups attached to an aromatic ring is 1. The van der Waals surface area contributed by atoms with Crippen LogP contribution in [-0.4, -0.2) is 8.42 Å². The molecule has 0 aliphatic heterocycles. The van der Waals surface area contributed by atoms with E-state index in [4.69, 9.17) is 10.9 Å². The van der Waals surface area contributed by atoms with E-state index in [1.807, 2.05) is 6.07 Å². The third kappa shape index (κ3) is 3.33. The molecular formula is C14H16N2O2S2. The summed E-state index contributed by atoms with van der Waals surface area (Å²) in [6, 6.07) is 10.9. The van der Waals surface area contributed by atoms with Crippen molar-refractivity contribution in [2.75, 3.05) is 5.73 Å². The molecule has 0 aliphatic carbocycles. The highest BCUT2D eigenvalue weighted by Gasteiger charge is 2.12. The Kier molecular flexibility index (Phi) is 4.08. The van der Waals surface area contributed by atoms with Gasteiger partial charge in [-0.3, -0.25) is 0 Å². The Morgan fingerprint density at radius 2 is 1.55 bits per heavy atom. The van der Waals surface area contributed by atoms with Gasteiger partial charge in [-0.15, -0.1) is 0 Å². The average molecular weight is 308 g/mol. The van der Waals surface area contributed by atoms with Gasteiger partial charge in [-0.2, -0.15) is 0 Å². The van der Waals surface area contributed by atoms with Crippen LogP contribution in [0, 0.1) is 13.8 Å². The van der Waals surface area contributed by atoms with E-state index in [0.717, 1.165) is 9.79 Å². The van der Waals surface area contributed by atoms with Gasteiger partial charge in [-0.25, -0.2) is 13.6 Å². The summed E-state index contributed by atoms with van der Waals surface area (Å²) in [5.41, 5.74) is 8.36. The Bertz CT molecular complexity index is 756. The summed E-state index contributed by atoms with van der Waals surface area (Å²) in [4.78, 5) is 1.91. The van der Waals surface area contributed by atoms with Crippen molar-refractivity contribution in [3.63, 3.8) is 0 Å². The molecule has 2 rings (SSSR count). The lowest BCUT2D eigenvalue weighted by Gasteiger charge is -2.08. The summed E-state index contributed by atoms with van der Waals surface area (Å²) in [6.45, 7) is 4.11. The maximum absolute atomic E-state index is 11.3. The molecule has 20 heavy (non-hydrogen) atoms. The Hall–Kier alpha value is -1.50. The van der Waals surface area contributed by atoms with Gasteiger partial charge in [-0.05, 0) is 55.3 Å². The van der Waals surface area contributed by atoms with Gasteiger partial charge in [0.15, 0.2) is 0 Å². The van der Waals surface area contributed by atoms with E-state index < -0.39 is 10.0 Å². The number of hydrogen-bond donors (Lipinski definition) is 2. The highest BCUT2D eigenvalue weighted by atomic mass is 32.2. The predicted molar refractivity (Wildman–Crippen MR) is 82.3 cm³/mol. The van der Waals surface area contributed by atoms with Crippen molar-refractivity contribution >= 4 is 27.5 Å². The maximum atomic E-state index is 11.3. The highest BCUT2D eigenvalue weighted by molar-refractivity contribution is 7.99. The Morgan fingerprint density at radius 3 is 2.10 bits per heavy atom. The first-order chi connectivity index (χ1) is 9.27. The molecule has 0 heterocycles. The fourth-order valence-electron chi connectivity index (χ4n) is 1.76. The van der Waals surface area contributed by atoms with E-state index in [1.165, 1.54) is 29.0 Å². The summed E-state index contributed by atoms with van der Waals surface area (Å²) < 4.78 is 22.6. The van der Waals surface area contributed by atoms with Crippen LogP contribution in [0.4, 0.5) is 5.69 Å². The van der Waals surface area contributed by atoms with Gasteiger partial charge in [0, 0.05) is 9.79 Å². The molecule has 6 heteroatoms. The van der Waals surface area contributed by atoms with Crippen molar-refractivity contribution in [2.24, 2.45) is 5.14 Å². The Balaban J connectivity index is 2.31. The lowest BCUT2D eigenvalue weighted by Crippen LogP contribution is -2.14. The second-order valence-corrected chi connectivity index (χ2v) is 7.27. The molecule has 0 unspecified atom stereocenters. The number of primary sulfonamides is 1. The van der Waals surface area contributed by atoms with Gasteiger partial charge in [0.05, 0.1) is 5.69 Å². The van der Waals surface area contributed by atoms with Crippen LogP contribution >= 0.6 is 11.8 Å². The zero-order valence-electron chi connectivity index (χ0n) is 11.3. The van der Waals surface area contributed by atoms with Crippen LogP contribution in [0.15, 0.2) is 51.1 Å². The first-order valence-electron chi connectivity index (χ1n) is 5.95. The molecule has 0 fully saturated rings. The van der Waals surface area contributed by atoms with Crippen LogP contribution in [0.2, 0.25) is 0 Å². The molecule has 0 spiro atoms. The number of benzene rings is 2. The van der Waals surface area contributed by atoms with Gasteiger partial charge < -0.3 is 5.73 Å². The normalized spacial score (nSPS) is 11.6. The van der Waals surface area contributed by atoms with Crippen LogP contribution < -0.4 is 10.9 Å². The number of nitrogens with two attached hydrogens (primary N) is 2. The third-order valence-corrected chi connectivity index (χ3v) is 4.97. The summed E-state index contributed by atoms with van der Waals surface area (Å²) in [7, 11) is -3.77. The van der Waals surface area contributed by atoms with E-state index in [1.54, 1.807) is 12.1 Å². The average Bonchev–Trinajstić information content (AvgIpc) is 2.32. The molecule has 2 aromatic rings. The van der Waals surface area contributed by atoms with E-state index in [0.29, 0.717) is 0 Å². The third-order valence-electron chi connectivity index (χ3n) is 3.00. The first-order valence-corrected chi connectivity index (χ1v) is 8.31. The minimum Gasteiger partial charge on any atom is -0.398 e. The van der Waals surface area contributed by atoms with Crippen molar-refractivity contribution in [3.8, 4) is 0 Å². The van der Waals surface area contributed by atoms with Gasteiger partial charge in [0.1, 0.15) is 4.90 Å². The number of aryl methyl sites for hydroxylation is 2. The Labute approximate surface area is 123 Å². The summed E-state index contributed by atoms with van der Waals surface area (Å²) in [5, 5.41) is 5.08. The van der Waals surface area contributed by atoms with Crippen LogP contribution in [0.3, 0.4) is 0 Å². The Morgan fingerprint density at radius 1 is 0.950 bits per heavy atom. The van der Waals surface area contributed by atoms with Gasteiger partial charge in [0.2, 0.25) is 10.0 Å². The largest absolute Gasteiger partial charge is 0.398 e. The maximum Gasteiger partial charge on any atom is 0.240 e. The van der Waals surface area contributed by atoms with Gasteiger partial charge in [-0.1, -0.05) is 17.8 Å². The van der Waals surface area contributed by atoms with E-state index in [-0.39, 0.29) is 10.6 Å². The number of hydrogen-bond acceptors (Lipinski definition) is 4. The lowest BCUT2D eigenvalue weighted by atomic mass is 10.1. The molecule has 0 saturated heterocycles. The van der Waals surface area contributed by atoms with Crippen LogP contribution in [-0.2, 0) is 10.0 Å². The fraction of sp³-hybridized carbons (Fsp3) is 0.143. The molecule has 0 amide bonds. The molecule has 0 atom stereocenters. The lowest BCUT2D eigenvalue weighted by molar-refractivity contribution is 0.598. The van der Waals surface area contributed by atoms with Crippen molar-refractivity contribution < 1.29 is 8.42 Å². The molecule has 0 radical (unpaired) electrons. The number of rotatable bonds is 3. The van der Waals surface area contributed by atoms with E-state index in [2.05, 4.69) is 26.0 Å². The molecule has 106 valence electrons. The van der Waals surface area contributed by atoms with Gasteiger partial charge in [0.25, 0.3) is 0 Å². The van der Waals surface area contributed by atoms with Crippen molar-refractivity contribution in [1.29, 1.82) is 0 Å². The molecule has 0 aromatic heterocycles. The van der Waals surface area contributed by atoms with Crippen LogP contribution in [0.5, 0.6) is 0 Å². The summed E-state index contributed by atoms with van der Waals surface area (Å²) in [5.74, 6) is 0. The van der Waals surface area contributed by atoms with Crippen LogP contribution in [0.25, 0.3) is 0 Å². The molecule has 0 saturated carbocycles. The number of sulfonamides is 1. The first kappa shape index (κ1) is 14.9. The zero-order valence-corrected chi connectivity index (χ0v) is 12.9. The minimum absolute atomic E-state index is 0.0399. The second-order valence-electron chi connectivity index (χ2n) is 4.59. The molecule has 4 nitrogen and oxygen atoms in total. The SMILES string of the molecule is Cc1ccc(Sc2ccc(S(N)(=O)=O)c(N)c2)cc1C. The molecule has 0 bridgehead atoms. The van der Waals surface area contributed by atoms with Crippen molar-refractivity contribution in [3.05, 3.63) is 47.5 Å². The molecule has 2 aromatic carbocycles. The predicted octanol–water partition coefficient (Wildman–Crippen LogP) is 2.68. The van der Waals surface area contributed by atoms with E-state index in [9.17, 15) is 8.42 Å². The molecule has 4 N–H and O–H groups in total. The standard InChI is InChI=1S/C14H16N2O2S2/c1-9-3-4-11(7-10(9)2)19-12-5-6-14(13(15)8-12)20(16,17)18/h3-8H,15H2,1-2H3,(H2,16,17,18). The minimum atomic E-state index is -3.77. The van der Waals surface area contributed by atoms with Crippen molar-refractivity contribution in [1.82, 2.24) is 0 Å². The zero-order chi connectivity index (χ0) is 14.9.